The summed E-state index contributed by atoms with van der Waals surface area (Å²) in [6, 6.07) is 0. The average Bonchev–Trinajstić information content (AvgIpc) is 2.59. The van der Waals surface area contributed by atoms with E-state index in [2.05, 4.69) is 11.8 Å². The molecule has 1 aliphatic heterocycles. The van der Waals surface area contributed by atoms with Crippen molar-refractivity contribution in [1.29, 1.82) is 0 Å². The Kier molecular flexibility index (Phi) is 8.59. The quantitative estimate of drug-likeness (QED) is 0.635. The number of likely N-dealkylation sites (tertiary alicyclic amines) is 1. The number of carbonyl (C=O) groups is 1. The van der Waals surface area contributed by atoms with Crippen molar-refractivity contribution in [1.82, 2.24) is 4.90 Å². The lowest BCUT2D eigenvalue weighted by Gasteiger charge is -2.31. The monoisotopic (exact) mass is 343 g/mol. The third-order valence-corrected chi connectivity index (χ3v) is 6.95. The Labute approximate surface area is 143 Å². The summed E-state index contributed by atoms with van der Waals surface area (Å²) in [5.74, 6) is 0.656. The minimum absolute atomic E-state index is 0.0641. The standard InChI is InChI=1S/C18H33NO3S/c1-2-3-15-23(21)17-10-6-5-9-16(17)22-18(20)11-14-19-12-7-4-8-13-19/h16-17H,2-15H2,1H3/t16-,17+,23-/m0/s1. The maximum atomic E-state index is 12.5. The average molecular weight is 344 g/mol. The van der Waals surface area contributed by atoms with Gasteiger partial charge in [-0.05, 0) is 51.6 Å². The smallest absolute Gasteiger partial charge is 0.307 e. The van der Waals surface area contributed by atoms with Crippen LogP contribution >= 0.6 is 0 Å². The van der Waals surface area contributed by atoms with Crippen molar-refractivity contribution in [2.45, 2.75) is 82.5 Å². The van der Waals surface area contributed by atoms with Crippen LogP contribution in [0, 0.1) is 0 Å². The van der Waals surface area contributed by atoms with Gasteiger partial charge in [0.05, 0.1) is 11.7 Å². The van der Waals surface area contributed by atoms with E-state index in [1.807, 2.05) is 0 Å². The molecule has 0 aromatic carbocycles. The first-order chi connectivity index (χ1) is 11.2. The lowest BCUT2D eigenvalue weighted by atomic mass is 9.97. The molecule has 3 atom stereocenters. The first-order valence-electron chi connectivity index (χ1n) is 9.49. The molecule has 2 aliphatic rings. The van der Waals surface area contributed by atoms with Gasteiger partial charge in [0.15, 0.2) is 0 Å². The van der Waals surface area contributed by atoms with Crippen molar-refractivity contribution < 1.29 is 13.7 Å². The van der Waals surface area contributed by atoms with Crippen LogP contribution in [-0.4, -0.2) is 51.8 Å². The summed E-state index contributed by atoms with van der Waals surface area (Å²) in [7, 11) is -0.849. The minimum atomic E-state index is -0.849. The van der Waals surface area contributed by atoms with Crippen LogP contribution in [0.15, 0.2) is 0 Å². The molecule has 4 nitrogen and oxygen atoms in total. The van der Waals surface area contributed by atoms with E-state index < -0.39 is 10.8 Å². The summed E-state index contributed by atoms with van der Waals surface area (Å²) in [6.07, 6.45) is 10.3. The molecule has 0 radical (unpaired) electrons. The summed E-state index contributed by atoms with van der Waals surface area (Å²) in [5, 5.41) is 0.0641. The molecule has 0 amide bonds. The second-order valence-electron chi connectivity index (χ2n) is 6.94. The van der Waals surface area contributed by atoms with Crippen molar-refractivity contribution >= 4 is 16.8 Å². The van der Waals surface area contributed by atoms with Gasteiger partial charge in [-0.1, -0.05) is 26.2 Å². The molecule has 0 aromatic heterocycles. The Bertz CT molecular complexity index is 382. The normalized spacial score (nSPS) is 27.5. The zero-order chi connectivity index (χ0) is 16.5. The number of piperidine rings is 1. The molecule has 0 unspecified atom stereocenters. The number of carbonyl (C=O) groups excluding carboxylic acids is 1. The molecular weight excluding hydrogens is 310 g/mol. The van der Waals surface area contributed by atoms with E-state index in [4.69, 9.17) is 4.74 Å². The van der Waals surface area contributed by atoms with Crippen LogP contribution < -0.4 is 0 Å². The highest BCUT2D eigenvalue weighted by Crippen LogP contribution is 2.26. The molecular formula is C18H33NO3S. The largest absolute Gasteiger partial charge is 0.461 e. The Hall–Kier alpha value is -0.420. The van der Waals surface area contributed by atoms with E-state index in [1.54, 1.807) is 0 Å². The highest BCUT2D eigenvalue weighted by Gasteiger charge is 2.32. The number of hydrogen-bond acceptors (Lipinski definition) is 4. The molecule has 1 saturated heterocycles. The molecule has 0 aromatic rings. The van der Waals surface area contributed by atoms with Crippen molar-refractivity contribution in [3.8, 4) is 0 Å². The van der Waals surface area contributed by atoms with Gasteiger partial charge in [0.2, 0.25) is 0 Å². The van der Waals surface area contributed by atoms with E-state index in [1.165, 1.54) is 19.3 Å². The number of unbranched alkanes of at least 4 members (excludes halogenated alkanes) is 1. The zero-order valence-corrected chi connectivity index (χ0v) is 15.5. The van der Waals surface area contributed by atoms with E-state index in [9.17, 15) is 9.00 Å². The zero-order valence-electron chi connectivity index (χ0n) is 14.6. The van der Waals surface area contributed by atoms with Crippen molar-refractivity contribution in [2.24, 2.45) is 0 Å². The maximum Gasteiger partial charge on any atom is 0.307 e. The number of rotatable bonds is 8. The van der Waals surface area contributed by atoms with Gasteiger partial charge in [-0.3, -0.25) is 9.00 Å². The van der Waals surface area contributed by atoms with E-state index in [0.29, 0.717) is 6.42 Å². The molecule has 0 bridgehead atoms. The van der Waals surface area contributed by atoms with Gasteiger partial charge in [0.1, 0.15) is 6.10 Å². The highest BCUT2D eigenvalue weighted by molar-refractivity contribution is 7.85. The number of hydrogen-bond donors (Lipinski definition) is 0. The number of esters is 1. The third kappa shape index (κ3) is 6.54. The Morgan fingerprint density at radius 2 is 1.87 bits per heavy atom. The van der Waals surface area contributed by atoms with Gasteiger partial charge in [0, 0.05) is 23.1 Å². The summed E-state index contributed by atoms with van der Waals surface area (Å²) < 4.78 is 18.2. The molecule has 2 rings (SSSR count). The fraction of sp³-hybridized carbons (Fsp3) is 0.944. The Morgan fingerprint density at radius 3 is 2.61 bits per heavy atom. The van der Waals surface area contributed by atoms with Crippen LogP contribution in [-0.2, 0) is 20.3 Å². The first-order valence-corrected chi connectivity index (χ1v) is 10.9. The molecule has 1 aliphatic carbocycles. The summed E-state index contributed by atoms with van der Waals surface area (Å²) >= 11 is 0. The summed E-state index contributed by atoms with van der Waals surface area (Å²) in [6.45, 7) is 5.16. The second-order valence-corrected chi connectivity index (χ2v) is 8.72. The highest BCUT2D eigenvalue weighted by atomic mass is 32.2. The number of nitrogens with zero attached hydrogens (tertiary/aromatic N) is 1. The first kappa shape index (κ1) is 18.9. The van der Waals surface area contributed by atoms with E-state index in [-0.39, 0.29) is 17.3 Å². The van der Waals surface area contributed by atoms with Crippen LogP contribution in [0.3, 0.4) is 0 Å². The van der Waals surface area contributed by atoms with Gasteiger partial charge in [-0.25, -0.2) is 0 Å². The fourth-order valence-electron chi connectivity index (χ4n) is 3.60. The fourth-order valence-corrected chi connectivity index (χ4v) is 5.43. The predicted octanol–water partition coefficient (Wildman–Crippen LogP) is 3.27. The number of ether oxygens (including phenoxy) is 1. The van der Waals surface area contributed by atoms with Crippen molar-refractivity contribution in [2.75, 3.05) is 25.4 Å². The molecule has 2 fully saturated rings. The van der Waals surface area contributed by atoms with Gasteiger partial charge in [-0.15, -0.1) is 0 Å². The van der Waals surface area contributed by atoms with Crippen molar-refractivity contribution in [3.05, 3.63) is 0 Å². The Morgan fingerprint density at radius 1 is 1.13 bits per heavy atom. The molecule has 1 heterocycles. The van der Waals surface area contributed by atoms with Gasteiger partial charge < -0.3 is 9.64 Å². The summed E-state index contributed by atoms with van der Waals surface area (Å²) in [5.41, 5.74) is 0. The lowest BCUT2D eigenvalue weighted by Crippen LogP contribution is -2.39. The predicted molar refractivity (Wildman–Crippen MR) is 95.0 cm³/mol. The second kappa shape index (κ2) is 10.4. The molecule has 23 heavy (non-hydrogen) atoms. The molecule has 0 N–H and O–H groups in total. The van der Waals surface area contributed by atoms with Crippen LogP contribution in [0.25, 0.3) is 0 Å². The summed E-state index contributed by atoms with van der Waals surface area (Å²) in [4.78, 5) is 14.6. The molecule has 0 spiro atoms. The molecule has 5 heteroatoms. The van der Waals surface area contributed by atoms with Crippen LogP contribution in [0.1, 0.15) is 71.1 Å². The van der Waals surface area contributed by atoms with Crippen LogP contribution in [0.2, 0.25) is 0 Å². The topological polar surface area (TPSA) is 46.6 Å². The lowest BCUT2D eigenvalue weighted by molar-refractivity contribution is -0.150. The van der Waals surface area contributed by atoms with Crippen LogP contribution in [0.4, 0.5) is 0 Å². The van der Waals surface area contributed by atoms with Crippen LogP contribution in [0.5, 0.6) is 0 Å². The van der Waals surface area contributed by atoms with E-state index in [0.717, 1.165) is 63.9 Å². The van der Waals surface area contributed by atoms with E-state index >= 15 is 0 Å². The van der Waals surface area contributed by atoms with Crippen molar-refractivity contribution in [3.63, 3.8) is 0 Å². The van der Waals surface area contributed by atoms with Gasteiger partial charge in [-0.2, -0.15) is 0 Å². The minimum Gasteiger partial charge on any atom is -0.461 e. The molecule has 134 valence electrons. The molecule has 1 saturated carbocycles. The van der Waals surface area contributed by atoms with Gasteiger partial charge >= 0.3 is 5.97 Å². The van der Waals surface area contributed by atoms with Gasteiger partial charge in [0.25, 0.3) is 0 Å². The SMILES string of the molecule is CCCC[S@](=O)[C@@H]1CCCC[C@@H]1OC(=O)CCN1CCCCC1. The third-order valence-electron chi connectivity index (χ3n) is 5.04. The Balaban J connectivity index is 1.75. The maximum absolute atomic E-state index is 12.5.